The van der Waals surface area contributed by atoms with Crippen LogP contribution in [0.25, 0.3) is 0 Å². The van der Waals surface area contributed by atoms with Crippen LogP contribution in [0.5, 0.6) is 11.5 Å². The smallest absolute Gasteiger partial charge is 0.229 e. The molecule has 3 N–H and O–H groups in total. The quantitative estimate of drug-likeness (QED) is 0.835. The SMILES string of the molecule is CC(C)(C)c1ccc(Oc2ccc(NS(C)(=O)=O)cc2N)cc1. The van der Waals surface area contributed by atoms with Gasteiger partial charge in [0, 0.05) is 0 Å². The summed E-state index contributed by atoms with van der Waals surface area (Å²) in [5.74, 6) is 1.15. The van der Waals surface area contributed by atoms with Gasteiger partial charge in [-0.2, -0.15) is 0 Å². The first-order valence-electron chi connectivity index (χ1n) is 7.20. The molecule has 0 spiro atoms. The number of benzene rings is 2. The third kappa shape index (κ3) is 4.89. The second kappa shape index (κ2) is 6.12. The molecule has 0 amide bonds. The topological polar surface area (TPSA) is 81.4 Å². The van der Waals surface area contributed by atoms with E-state index in [9.17, 15) is 8.42 Å². The zero-order valence-corrected chi connectivity index (χ0v) is 14.6. The summed E-state index contributed by atoms with van der Waals surface area (Å²) in [7, 11) is -3.33. The largest absolute Gasteiger partial charge is 0.455 e. The highest BCUT2D eigenvalue weighted by atomic mass is 32.2. The van der Waals surface area contributed by atoms with Crippen molar-refractivity contribution in [2.24, 2.45) is 0 Å². The van der Waals surface area contributed by atoms with Crippen molar-refractivity contribution < 1.29 is 13.2 Å². The Labute approximate surface area is 137 Å². The normalized spacial score (nSPS) is 12.0. The summed E-state index contributed by atoms with van der Waals surface area (Å²) in [6.45, 7) is 6.44. The zero-order valence-electron chi connectivity index (χ0n) is 13.8. The predicted octanol–water partition coefficient (Wildman–Crippen LogP) is 3.73. The van der Waals surface area contributed by atoms with E-state index >= 15 is 0 Å². The van der Waals surface area contributed by atoms with Gasteiger partial charge in [0.1, 0.15) is 11.5 Å². The van der Waals surface area contributed by atoms with Gasteiger partial charge in [-0.3, -0.25) is 4.72 Å². The second-order valence-electron chi connectivity index (χ2n) is 6.50. The van der Waals surface area contributed by atoms with Crippen molar-refractivity contribution in [2.45, 2.75) is 26.2 Å². The molecular weight excluding hydrogens is 312 g/mol. The van der Waals surface area contributed by atoms with Gasteiger partial charge in [0.25, 0.3) is 0 Å². The zero-order chi connectivity index (χ0) is 17.3. The average Bonchev–Trinajstić information content (AvgIpc) is 2.40. The molecule has 0 bridgehead atoms. The summed E-state index contributed by atoms with van der Waals surface area (Å²) in [5.41, 5.74) is 7.98. The van der Waals surface area contributed by atoms with E-state index in [-0.39, 0.29) is 5.41 Å². The molecule has 0 unspecified atom stereocenters. The van der Waals surface area contributed by atoms with E-state index in [2.05, 4.69) is 25.5 Å². The van der Waals surface area contributed by atoms with E-state index in [4.69, 9.17) is 10.5 Å². The molecular formula is C17H22N2O3S. The van der Waals surface area contributed by atoms with Gasteiger partial charge in [-0.05, 0) is 41.3 Å². The fourth-order valence-corrected chi connectivity index (χ4v) is 2.62. The molecule has 2 aromatic rings. The standard InChI is InChI=1S/C17H22N2O3S/c1-17(2,3)12-5-8-14(9-6-12)22-16-10-7-13(11-15(16)18)19-23(4,20)21/h5-11,19H,18H2,1-4H3. The van der Waals surface area contributed by atoms with E-state index in [0.29, 0.717) is 22.9 Å². The van der Waals surface area contributed by atoms with E-state index in [1.54, 1.807) is 12.1 Å². The molecule has 0 saturated heterocycles. The number of hydrogen-bond acceptors (Lipinski definition) is 4. The molecule has 0 fully saturated rings. The number of nitrogens with one attached hydrogen (secondary N) is 1. The van der Waals surface area contributed by atoms with Gasteiger partial charge in [-0.1, -0.05) is 32.9 Å². The van der Waals surface area contributed by atoms with Crippen molar-refractivity contribution in [3.8, 4) is 11.5 Å². The molecule has 5 nitrogen and oxygen atoms in total. The molecule has 0 aliphatic heterocycles. The van der Waals surface area contributed by atoms with Crippen molar-refractivity contribution in [2.75, 3.05) is 16.7 Å². The third-order valence-corrected chi connectivity index (χ3v) is 3.87. The fourth-order valence-electron chi connectivity index (χ4n) is 2.07. The molecule has 2 rings (SSSR count). The van der Waals surface area contributed by atoms with Crippen LogP contribution >= 0.6 is 0 Å². The van der Waals surface area contributed by atoms with Gasteiger partial charge < -0.3 is 10.5 Å². The van der Waals surface area contributed by atoms with E-state index in [0.717, 1.165) is 6.26 Å². The lowest BCUT2D eigenvalue weighted by Gasteiger charge is -2.19. The summed E-state index contributed by atoms with van der Waals surface area (Å²) < 4.78 is 30.6. The summed E-state index contributed by atoms with van der Waals surface area (Å²) >= 11 is 0. The Morgan fingerprint density at radius 1 is 1.04 bits per heavy atom. The van der Waals surface area contributed by atoms with Crippen LogP contribution in [0, 0.1) is 0 Å². The summed E-state index contributed by atoms with van der Waals surface area (Å²) in [6.07, 6.45) is 1.09. The highest BCUT2D eigenvalue weighted by Gasteiger charge is 2.13. The maximum absolute atomic E-state index is 11.2. The lowest BCUT2D eigenvalue weighted by Crippen LogP contribution is -2.10. The van der Waals surface area contributed by atoms with Crippen LogP contribution in [0.2, 0.25) is 0 Å². The Kier molecular flexibility index (Phi) is 4.56. The van der Waals surface area contributed by atoms with Crippen LogP contribution in [0.15, 0.2) is 42.5 Å². The van der Waals surface area contributed by atoms with E-state index < -0.39 is 10.0 Å². The molecule has 23 heavy (non-hydrogen) atoms. The molecule has 0 heterocycles. The molecule has 0 aromatic heterocycles. The molecule has 0 radical (unpaired) electrons. The first-order valence-corrected chi connectivity index (χ1v) is 9.09. The van der Waals surface area contributed by atoms with Gasteiger partial charge in [0.2, 0.25) is 10.0 Å². The first kappa shape index (κ1) is 17.1. The van der Waals surface area contributed by atoms with Crippen LogP contribution in [-0.4, -0.2) is 14.7 Å². The minimum Gasteiger partial charge on any atom is -0.455 e. The van der Waals surface area contributed by atoms with Gasteiger partial charge in [0.05, 0.1) is 17.6 Å². The molecule has 6 heteroatoms. The maximum atomic E-state index is 11.2. The molecule has 0 atom stereocenters. The monoisotopic (exact) mass is 334 g/mol. The molecule has 0 saturated carbocycles. The van der Waals surface area contributed by atoms with Gasteiger partial charge in [0.15, 0.2) is 0 Å². The van der Waals surface area contributed by atoms with Crippen molar-refractivity contribution in [1.29, 1.82) is 0 Å². The third-order valence-electron chi connectivity index (χ3n) is 3.26. The average molecular weight is 334 g/mol. The van der Waals surface area contributed by atoms with Crippen LogP contribution in [0.4, 0.5) is 11.4 Å². The van der Waals surface area contributed by atoms with Crippen LogP contribution < -0.4 is 15.2 Å². The minimum absolute atomic E-state index is 0.0799. The minimum atomic E-state index is -3.33. The van der Waals surface area contributed by atoms with E-state index in [1.807, 2.05) is 24.3 Å². The van der Waals surface area contributed by atoms with Crippen molar-refractivity contribution >= 4 is 21.4 Å². The van der Waals surface area contributed by atoms with Crippen molar-refractivity contribution in [3.05, 3.63) is 48.0 Å². The van der Waals surface area contributed by atoms with Crippen LogP contribution in [0.1, 0.15) is 26.3 Å². The summed E-state index contributed by atoms with van der Waals surface area (Å²) in [4.78, 5) is 0. The molecule has 0 aliphatic rings. The van der Waals surface area contributed by atoms with Crippen molar-refractivity contribution in [3.63, 3.8) is 0 Å². The Bertz CT molecular complexity index is 792. The number of nitrogen functional groups attached to an aromatic ring is 1. The number of nitrogens with two attached hydrogens (primary N) is 1. The van der Waals surface area contributed by atoms with Crippen molar-refractivity contribution in [1.82, 2.24) is 0 Å². The number of ether oxygens (including phenoxy) is 1. The van der Waals surface area contributed by atoms with Gasteiger partial charge >= 0.3 is 0 Å². The highest BCUT2D eigenvalue weighted by Crippen LogP contribution is 2.31. The molecule has 124 valence electrons. The highest BCUT2D eigenvalue weighted by molar-refractivity contribution is 7.92. The van der Waals surface area contributed by atoms with Gasteiger partial charge in [-0.25, -0.2) is 8.42 Å². The summed E-state index contributed by atoms with van der Waals surface area (Å²) in [6, 6.07) is 12.6. The first-order chi connectivity index (χ1) is 10.5. The number of hydrogen-bond donors (Lipinski definition) is 2. The second-order valence-corrected chi connectivity index (χ2v) is 8.25. The molecule has 2 aromatic carbocycles. The Balaban J connectivity index is 2.17. The number of anilines is 2. The van der Waals surface area contributed by atoms with Crippen LogP contribution in [0.3, 0.4) is 0 Å². The lowest BCUT2D eigenvalue weighted by atomic mass is 9.87. The summed E-state index contributed by atoms with van der Waals surface area (Å²) in [5, 5.41) is 0. The van der Waals surface area contributed by atoms with Gasteiger partial charge in [-0.15, -0.1) is 0 Å². The Hall–Kier alpha value is -2.21. The number of sulfonamides is 1. The lowest BCUT2D eigenvalue weighted by molar-refractivity contribution is 0.484. The predicted molar refractivity (Wildman–Crippen MR) is 94.5 cm³/mol. The maximum Gasteiger partial charge on any atom is 0.229 e. The fraction of sp³-hybridized carbons (Fsp3) is 0.294. The Morgan fingerprint density at radius 3 is 2.13 bits per heavy atom. The molecule has 0 aliphatic carbocycles. The number of rotatable bonds is 4. The van der Waals surface area contributed by atoms with E-state index in [1.165, 1.54) is 11.6 Å². The Morgan fingerprint density at radius 2 is 1.65 bits per heavy atom. The van der Waals surface area contributed by atoms with Crippen LogP contribution in [-0.2, 0) is 15.4 Å².